The van der Waals surface area contributed by atoms with Gasteiger partial charge in [0.25, 0.3) is 17.7 Å². The molecule has 2 aromatic carbocycles. The van der Waals surface area contributed by atoms with Crippen LogP contribution in [0, 0.1) is 0 Å². The van der Waals surface area contributed by atoms with Crippen LogP contribution in [-0.4, -0.2) is 98.9 Å². The Morgan fingerprint density at radius 1 is 0.904 bits per heavy atom. The normalized spacial score (nSPS) is 26.0. The van der Waals surface area contributed by atoms with E-state index in [1.807, 2.05) is 41.3 Å². The van der Waals surface area contributed by atoms with Crippen LogP contribution in [-0.2, 0) is 14.3 Å². The van der Waals surface area contributed by atoms with Crippen molar-refractivity contribution in [2.45, 2.75) is 94.7 Å². The molecule has 5 aliphatic rings. The zero-order valence-corrected chi connectivity index (χ0v) is 29.0. The van der Waals surface area contributed by atoms with Crippen LogP contribution in [0.4, 0.5) is 11.5 Å². The molecule has 5 atom stereocenters. The third-order valence-electron chi connectivity index (χ3n) is 11.6. The van der Waals surface area contributed by atoms with Crippen molar-refractivity contribution in [3.63, 3.8) is 0 Å². The predicted octanol–water partition coefficient (Wildman–Crippen LogP) is 3.47. The fraction of sp³-hybridized carbons (Fsp3) is 0.474. The first-order valence-electron chi connectivity index (χ1n) is 18.3. The Morgan fingerprint density at radius 2 is 1.67 bits per heavy atom. The van der Waals surface area contributed by atoms with E-state index in [-0.39, 0.29) is 41.9 Å². The fourth-order valence-electron chi connectivity index (χ4n) is 8.29. The lowest BCUT2D eigenvalue weighted by Gasteiger charge is -2.42. The van der Waals surface area contributed by atoms with Gasteiger partial charge in [0.05, 0.1) is 17.2 Å². The van der Waals surface area contributed by atoms with Crippen LogP contribution in [0.5, 0.6) is 0 Å². The fourth-order valence-corrected chi connectivity index (χ4v) is 8.29. The van der Waals surface area contributed by atoms with Crippen LogP contribution in [0.25, 0.3) is 0 Å². The third kappa shape index (κ3) is 6.50. The second kappa shape index (κ2) is 13.9. The molecular formula is C38H43N7O7. The van der Waals surface area contributed by atoms with Crippen molar-refractivity contribution in [3.8, 4) is 0 Å². The maximum absolute atomic E-state index is 13.3. The summed E-state index contributed by atoms with van der Waals surface area (Å²) in [6, 6.07) is 14.1. The van der Waals surface area contributed by atoms with Crippen molar-refractivity contribution < 1.29 is 33.8 Å². The van der Waals surface area contributed by atoms with Crippen LogP contribution in [0.3, 0.4) is 0 Å². The summed E-state index contributed by atoms with van der Waals surface area (Å²) >= 11 is 0. The number of benzene rings is 2. The van der Waals surface area contributed by atoms with Gasteiger partial charge >= 0.3 is 0 Å². The minimum absolute atomic E-state index is 0.0171. The van der Waals surface area contributed by atoms with E-state index in [0.29, 0.717) is 23.3 Å². The van der Waals surface area contributed by atoms with Crippen molar-refractivity contribution in [3.05, 3.63) is 76.5 Å². The minimum atomic E-state index is -0.989. The maximum Gasteiger partial charge on any atom is 0.262 e. The van der Waals surface area contributed by atoms with Gasteiger partial charge in [0.1, 0.15) is 6.04 Å². The van der Waals surface area contributed by atoms with Gasteiger partial charge in [-0.3, -0.25) is 44.2 Å². The van der Waals surface area contributed by atoms with Gasteiger partial charge in [0.15, 0.2) is 5.82 Å². The SMILES string of the molecule is C[C@H]1CCN1C(O)O[C@@H]1CC[C@H](c2cc(NC(=O)c3ccc(C4CCN(c5ccc6c(c5)C(=O)N(C5CCC(=O)NC5=O)C6=O)CC4)cc3)n[nH]2)C1. The van der Waals surface area contributed by atoms with E-state index >= 15 is 0 Å². The minimum Gasteiger partial charge on any atom is -0.371 e. The molecule has 1 aliphatic carbocycles. The van der Waals surface area contributed by atoms with Crippen molar-refractivity contribution in [1.29, 1.82) is 0 Å². The number of piperidine rings is 2. The summed E-state index contributed by atoms with van der Waals surface area (Å²) in [7, 11) is 0. The van der Waals surface area contributed by atoms with Crippen LogP contribution < -0.4 is 15.5 Å². The second-order valence-electron chi connectivity index (χ2n) is 14.7. The maximum atomic E-state index is 13.3. The van der Waals surface area contributed by atoms with Crippen molar-refractivity contribution >= 4 is 41.0 Å². The molecule has 1 saturated carbocycles. The number of H-pyrrole nitrogens is 1. The topological polar surface area (TPSA) is 177 Å². The summed E-state index contributed by atoms with van der Waals surface area (Å²) < 4.78 is 5.93. The molecule has 14 heteroatoms. The van der Waals surface area contributed by atoms with Gasteiger partial charge in [-0.15, -0.1) is 0 Å². The number of aliphatic hydroxyl groups is 1. The lowest BCUT2D eigenvalue weighted by Crippen LogP contribution is -2.54. The number of carbonyl (C=O) groups excluding carboxylic acids is 5. The molecule has 3 saturated heterocycles. The zero-order valence-electron chi connectivity index (χ0n) is 29.0. The number of rotatable bonds is 9. The van der Waals surface area contributed by atoms with Crippen molar-refractivity contribution in [2.24, 2.45) is 0 Å². The van der Waals surface area contributed by atoms with Gasteiger partial charge in [0, 0.05) is 61.0 Å². The molecule has 272 valence electrons. The molecule has 0 bridgehead atoms. The van der Waals surface area contributed by atoms with E-state index in [0.717, 1.165) is 80.0 Å². The number of hydrogen-bond acceptors (Lipinski definition) is 10. The van der Waals surface area contributed by atoms with E-state index < -0.39 is 36.1 Å². The molecule has 5 heterocycles. The molecule has 5 amide bonds. The van der Waals surface area contributed by atoms with Gasteiger partial charge in [0.2, 0.25) is 18.2 Å². The van der Waals surface area contributed by atoms with E-state index in [2.05, 4.69) is 32.7 Å². The van der Waals surface area contributed by atoms with E-state index in [4.69, 9.17) is 4.74 Å². The summed E-state index contributed by atoms with van der Waals surface area (Å²) in [6.45, 7) is 4.44. The van der Waals surface area contributed by atoms with E-state index in [1.165, 1.54) is 0 Å². The van der Waals surface area contributed by atoms with Gasteiger partial charge in [-0.05, 0) is 93.7 Å². The summed E-state index contributed by atoms with van der Waals surface area (Å²) in [4.78, 5) is 68.6. The van der Waals surface area contributed by atoms with Crippen molar-refractivity contribution in [2.75, 3.05) is 29.9 Å². The highest BCUT2D eigenvalue weighted by Crippen LogP contribution is 2.38. The quantitative estimate of drug-likeness (QED) is 0.190. The standard InChI is InChI=1S/C38H43N7O7/c1-21-12-17-44(21)38(51)52-27-8-6-25(18-27)30-20-32(42-41-30)39-34(47)24-4-2-22(3-5-24)23-13-15-43(16-14-23)26-7-9-28-29(19-26)37(50)45(36(28)49)31-10-11-33(46)40-35(31)48/h2-5,7,9,19-21,23,25,27,31,38,51H,6,8,10-18H2,1H3,(H,40,46,48)(H2,39,41,42,47)/t21-,25-,27+,31?,38?/m0/s1. The van der Waals surface area contributed by atoms with Crippen LogP contribution in [0.1, 0.15) is 112 Å². The van der Waals surface area contributed by atoms with Crippen LogP contribution in [0.2, 0.25) is 0 Å². The first kappa shape index (κ1) is 34.2. The predicted molar refractivity (Wildman–Crippen MR) is 189 cm³/mol. The number of imide groups is 2. The number of anilines is 2. The summed E-state index contributed by atoms with van der Waals surface area (Å²) in [5.41, 5.74) is 4.03. The monoisotopic (exact) mass is 709 g/mol. The molecule has 0 radical (unpaired) electrons. The number of carbonyl (C=O) groups is 5. The lowest BCUT2D eigenvalue weighted by atomic mass is 9.88. The summed E-state index contributed by atoms with van der Waals surface area (Å²) in [5.74, 6) is -1.29. The highest BCUT2D eigenvalue weighted by Gasteiger charge is 2.45. The number of nitrogens with one attached hydrogen (secondary N) is 3. The van der Waals surface area contributed by atoms with E-state index in [9.17, 15) is 29.1 Å². The van der Waals surface area contributed by atoms with Crippen molar-refractivity contribution in [1.82, 2.24) is 25.3 Å². The number of fused-ring (bicyclic) bond motifs is 1. The first-order chi connectivity index (χ1) is 25.1. The zero-order chi connectivity index (χ0) is 36.1. The molecule has 4 aliphatic heterocycles. The highest BCUT2D eigenvalue weighted by atomic mass is 16.6. The number of hydrogen-bond donors (Lipinski definition) is 4. The molecule has 0 spiro atoms. The Hall–Kier alpha value is -4.92. The number of ether oxygens (including phenoxy) is 1. The Balaban J connectivity index is 0.826. The average Bonchev–Trinajstić information content (AvgIpc) is 3.86. The highest BCUT2D eigenvalue weighted by molar-refractivity contribution is 6.23. The van der Waals surface area contributed by atoms with Gasteiger partial charge in [-0.1, -0.05) is 12.1 Å². The number of nitrogens with zero attached hydrogens (tertiary/aromatic N) is 4. The van der Waals surface area contributed by atoms with Gasteiger partial charge in [-0.25, -0.2) is 0 Å². The Bertz CT molecular complexity index is 1900. The van der Waals surface area contributed by atoms with Crippen LogP contribution in [0.15, 0.2) is 48.5 Å². The van der Waals surface area contributed by atoms with Gasteiger partial charge < -0.3 is 20.1 Å². The smallest absolute Gasteiger partial charge is 0.262 e. The number of aliphatic hydroxyl groups excluding tert-OH is 1. The average molecular weight is 710 g/mol. The second-order valence-corrected chi connectivity index (χ2v) is 14.7. The molecule has 4 fully saturated rings. The first-order valence-corrected chi connectivity index (χ1v) is 18.3. The molecule has 8 rings (SSSR count). The molecular weight excluding hydrogens is 666 g/mol. The largest absolute Gasteiger partial charge is 0.371 e. The number of aromatic amines is 1. The van der Waals surface area contributed by atoms with Crippen LogP contribution >= 0.6 is 0 Å². The molecule has 3 aromatic rings. The molecule has 4 N–H and O–H groups in total. The summed E-state index contributed by atoms with van der Waals surface area (Å²) in [6.07, 6.45) is 4.71. The molecule has 1 aromatic heterocycles. The number of likely N-dealkylation sites (tertiary alicyclic amines) is 1. The molecule has 2 unspecified atom stereocenters. The third-order valence-corrected chi connectivity index (χ3v) is 11.6. The number of amides is 5. The Morgan fingerprint density at radius 3 is 2.38 bits per heavy atom. The van der Waals surface area contributed by atoms with E-state index in [1.54, 1.807) is 12.1 Å². The summed E-state index contributed by atoms with van der Waals surface area (Å²) in [5, 5.41) is 22.9. The molecule has 14 nitrogen and oxygen atoms in total. The molecule has 52 heavy (non-hydrogen) atoms. The Labute approximate surface area is 300 Å². The lowest BCUT2D eigenvalue weighted by molar-refractivity contribution is -0.245. The Kier molecular flexibility index (Phi) is 9.14. The number of aromatic nitrogens is 2. The van der Waals surface area contributed by atoms with Gasteiger partial charge in [-0.2, -0.15) is 5.10 Å².